The Morgan fingerprint density at radius 3 is 2.55 bits per heavy atom. The third-order valence-electron chi connectivity index (χ3n) is 4.00. The maximum absolute atomic E-state index is 12.2. The molecule has 3 heteroatoms. The Bertz CT molecular complexity index is 508. The van der Waals surface area contributed by atoms with Crippen molar-refractivity contribution in [3.8, 4) is 0 Å². The average molecular weight is 273 g/mol. The SMILES string of the molecule is CCCCN(C)C(=O)C(=O)c1ccc2c(c1)CCCC2. The highest BCUT2D eigenvalue weighted by molar-refractivity contribution is 6.42. The molecule has 0 saturated heterocycles. The van der Waals surface area contributed by atoms with Gasteiger partial charge in [0.05, 0.1) is 0 Å². The minimum absolute atomic E-state index is 0.378. The van der Waals surface area contributed by atoms with Crippen LogP contribution in [0.1, 0.15) is 54.1 Å². The lowest BCUT2D eigenvalue weighted by molar-refractivity contribution is -0.125. The Hall–Kier alpha value is -1.64. The van der Waals surface area contributed by atoms with Gasteiger partial charge in [-0.3, -0.25) is 9.59 Å². The van der Waals surface area contributed by atoms with Crippen molar-refractivity contribution in [2.24, 2.45) is 0 Å². The topological polar surface area (TPSA) is 37.4 Å². The second kappa shape index (κ2) is 6.69. The van der Waals surface area contributed by atoms with Crippen LogP contribution in [0.25, 0.3) is 0 Å². The van der Waals surface area contributed by atoms with Gasteiger partial charge in [-0.05, 0) is 49.3 Å². The van der Waals surface area contributed by atoms with Crippen LogP contribution >= 0.6 is 0 Å². The van der Waals surface area contributed by atoms with Gasteiger partial charge in [0.1, 0.15) is 0 Å². The number of Topliss-reactive ketones (excluding diaryl/α,β-unsaturated/α-hetero) is 1. The molecule has 1 aliphatic rings. The third-order valence-corrected chi connectivity index (χ3v) is 4.00. The number of benzene rings is 1. The standard InChI is InChI=1S/C17H23NO2/c1-3-4-11-18(2)17(20)16(19)15-10-9-13-7-5-6-8-14(13)12-15/h9-10,12H,3-8,11H2,1-2H3. The molecule has 0 spiro atoms. The number of carbonyl (C=O) groups is 2. The Labute approximate surface area is 121 Å². The van der Waals surface area contributed by atoms with Gasteiger partial charge < -0.3 is 4.90 Å². The summed E-state index contributed by atoms with van der Waals surface area (Å²) in [6.07, 6.45) is 6.46. The Balaban J connectivity index is 2.10. The fourth-order valence-electron chi connectivity index (χ4n) is 2.67. The summed E-state index contributed by atoms with van der Waals surface area (Å²) in [7, 11) is 1.70. The number of hydrogen-bond donors (Lipinski definition) is 0. The number of amides is 1. The normalized spacial score (nSPS) is 13.7. The van der Waals surface area contributed by atoms with Crippen LogP contribution in [0.2, 0.25) is 0 Å². The van der Waals surface area contributed by atoms with Gasteiger partial charge in [-0.25, -0.2) is 0 Å². The van der Waals surface area contributed by atoms with Gasteiger partial charge in [0, 0.05) is 19.2 Å². The molecule has 0 unspecified atom stereocenters. The number of ketones is 1. The molecule has 0 N–H and O–H groups in total. The van der Waals surface area contributed by atoms with Gasteiger partial charge in [-0.1, -0.05) is 25.5 Å². The minimum atomic E-state index is -0.394. The van der Waals surface area contributed by atoms with E-state index in [-0.39, 0.29) is 5.78 Å². The third kappa shape index (κ3) is 3.27. The number of unbranched alkanes of at least 4 members (excludes halogenated alkanes) is 1. The van der Waals surface area contributed by atoms with Gasteiger partial charge in [-0.2, -0.15) is 0 Å². The van der Waals surface area contributed by atoms with Crippen LogP contribution in [0.15, 0.2) is 18.2 Å². The second-order valence-corrected chi connectivity index (χ2v) is 5.60. The molecule has 0 bridgehead atoms. The van der Waals surface area contributed by atoms with E-state index in [0.29, 0.717) is 12.1 Å². The van der Waals surface area contributed by atoms with E-state index >= 15 is 0 Å². The highest BCUT2D eigenvalue weighted by Gasteiger charge is 2.21. The van der Waals surface area contributed by atoms with Crippen molar-refractivity contribution in [2.45, 2.75) is 45.4 Å². The number of carbonyl (C=O) groups excluding carboxylic acids is 2. The van der Waals surface area contributed by atoms with Gasteiger partial charge in [-0.15, -0.1) is 0 Å². The summed E-state index contributed by atoms with van der Waals surface area (Å²) < 4.78 is 0. The van der Waals surface area contributed by atoms with Crippen molar-refractivity contribution in [2.75, 3.05) is 13.6 Å². The number of nitrogens with zero attached hydrogens (tertiary/aromatic N) is 1. The summed E-state index contributed by atoms with van der Waals surface area (Å²) in [5.41, 5.74) is 3.12. The quantitative estimate of drug-likeness (QED) is 0.611. The van der Waals surface area contributed by atoms with E-state index in [0.717, 1.165) is 25.7 Å². The van der Waals surface area contributed by atoms with Gasteiger partial charge >= 0.3 is 0 Å². The molecular weight excluding hydrogens is 250 g/mol. The lowest BCUT2D eigenvalue weighted by Crippen LogP contribution is -2.34. The first-order valence-electron chi connectivity index (χ1n) is 7.55. The monoisotopic (exact) mass is 273 g/mol. The molecule has 20 heavy (non-hydrogen) atoms. The van der Waals surface area contributed by atoms with Crippen molar-refractivity contribution in [3.05, 3.63) is 34.9 Å². The van der Waals surface area contributed by atoms with Crippen LogP contribution < -0.4 is 0 Å². The average Bonchev–Trinajstić information content (AvgIpc) is 2.50. The van der Waals surface area contributed by atoms with Crippen LogP contribution in [0.5, 0.6) is 0 Å². The molecule has 108 valence electrons. The van der Waals surface area contributed by atoms with Crippen molar-refractivity contribution in [1.82, 2.24) is 4.90 Å². The van der Waals surface area contributed by atoms with E-state index in [1.165, 1.54) is 28.9 Å². The summed E-state index contributed by atoms with van der Waals surface area (Å²) in [4.78, 5) is 25.9. The minimum Gasteiger partial charge on any atom is -0.339 e. The van der Waals surface area contributed by atoms with Gasteiger partial charge in [0.25, 0.3) is 5.91 Å². The number of rotatable bonds is 5. The summed E-state index contributed by atoms with van der Waals surface area (Å²) in [6, 6.07) is 5.74. The van der Waals surface area contributed by atoms with Gasteiger partial charge in [0.2, 0.25) is 5.78 Å². The van der Waals surface area contributed by atoms with E-state index in [1.807, 2.05) is 12.1 Å². The maximum Gasteiger partial charge on any atom is 0.294 e. The zero-order valence-electron chi connectivity index (χ0n) is 12.4. The predicted molar refractivity (Wildman–Crippen MR) is 80.0 cm³/mol. The van der Waals surface area contributed by atoms with Crippen molar-refractivity contribution >= 4 is 11.7 Å². The molecule has 0 heterocycles. The first kappa shape index (κ1) is 14.8. The first-order chi connectivity index (χ1) is 9.63. The van der Waals surface area contributed by atoms with Crippen LogP contribution in [-0.2, 0) is 17.6 Å². The number of likely N-dealkylation sites (N-methyl/N-ethyl adjacent to an activating group) is 1. The van der Waals surface area contributed by atoms with E-state index in [2.05, 4.69) is 6.92 Å². The van der Waals surface area contributed by atoms with Crippen molar-refractivity contribution in [1.29, 1.82) is 0 Å². The zero-order valence-corrected chi connectivity index (χ0v) is 12.4. The van der Waals surface area contributed by atoms with E-state index in [4.69, 9.17) is 0 Å². The largest absolute Gasteiger partial charge is 0.339 e. The Morgan fingerprint density at radius 2 is 1.85 bits per heavy atom. The molecule has 0 saturated carbocycles. The molecule has 1 aromatic rings. The summed E-state index contributed by atoms with van der Waals surface area (Å²) >= 11 is 0. The van der Waals surface area contributed by atoms with Crippen LogP contribution in [0.3, 0.4) is 0 Å². The van der Waals surface area contributed by atoms with E-state index in [1.54, 1.807) is 13.1 Å². The van der Waals surface area contributed by atoms with Crippen LogP contribution in [0.4, 0.5) is 0 Å². The van der Waals surface area contributed by atoms with Crippen molar-refractivity contribution < 1.29 is 9.59 Å². The molecule has 0 fully saturated rings. The fourth-order valence-corrected chi connectivity index (χ4v) is 2.67. The lowest BCUT2D eigenvalue weighted by Gasteiger charge is -2.18. The number of hydrogen-bond acceptors (Lipinski definition) is 2. The Kier molecular flexibility index (Phi) is 4.94. The molecule has 0 aliphatic heterocycles. The zero-order chi connectivity index (χ0) is 14.5. The summed E-state index contributed by atoms with van der Waals surface area (Å²) in [5.74, 6) is -0.772. The molecule has 1 aromatic carbocycles. The molecular formula is C17H23NO2. The number of fused-ring (bicyclic) bond motifs is 1. The smallest absolute Gasteiger partial charge is 0.294 e. The highest BCUT2D eigenvalue weighted by atomic mass is 16.2. The van der Waals surface area contributed by atoms with E-state index < -0.39 is 5.91 Å². The van der Waals surface area contributed by atoms with Gasteiger partial charge in [0.15, 0.2) is 0 Å². The molecule has 3 nitrogen and oxygen atoms in total. The summed E-state index contributed by atoms with van der Waals surface area (Å²) in [6.45, 7) is 2.72. The number of aryl methyl sites for hydroxylation is 2. The van der Waals surface area contributed by atoms with E-state index in [9.17, 15) is 9.59 Å². The molecule has 2 rings (SSSR count). The highest BCUT2D eigenvalue weighted by Crippen LogP contribution is 2.22. The molecule has 0 radical (unpaired) electrons. The van der Waals surface area contributed by atoms with Crippen molar-refractivity contribution in [3.63, 3.8) is 0 Å². The molecule has 1 amide bonds. The maximum atomic E-state index is 12.2. The predicted octanol–water partition coefficient (Wildman–Crippen LogP) is 3.01. The second-order valence-electron chi connectivity index (χ2n) is 5.60. The van der Waals surface area contributed by atoms with Crippen LogP contribution in [-0.4, -0.2) is 30.2 Å². The molecule has 0 aromatic heterocycles. The lowest BCUT2D eigenvalue weighted by atomic mass is 9.89. The fraction of sp³-hybridized carbons (Fsp3) is 0.529. The molecule has 0 atom stereocenters. The Morgan fingerprint density at radius 1 is 1.15 bits per heavy atom. The van der Waals surface area contributed by atoms with Crippen LogP contribution in [0, 0.1) is 0 Å². The first-order valence-corrected chi connectivity index (χ1v) is 7.55. The summed E-state index contributed by atoms with van der Waals surface area (Å²) in [5, 5.41) is 0. The molecule has 1 aliphatic carbocycles.